The minimum Gasteiger partial charge on any atom is -0.287 e. The van der Waals surface area contributed by atoms with Crippen LogP contribution in [0.2, 0.25) is 0 Å². The second-order valence-electron chi connectivity index (χ2n) is 2.47. The minimum absolute atomic E-state index is 0.110. The number of carbonyl (C=O) groups is 1. The van der Waals surface area contributed by atoms with Gasteiger partial charge in [-0.25, -0.2) is 0 Å². The first-order valence-electron chi connectivity index (χ1n) is 3.69. The first-order valence-corrected chi connectivity index (χ1v) is 3.69. The lowest BCUT2D eigenvalue weighted by Gasteiger charge is -2.12. The monoisotopic (exact) mass is 157 g/mol. The molecule has 12 heavy (non-hydrogen) atoms. The van der Waals surface area contributed by atoms with Crippen LogP contribution in [0.25, 0.3) is 0 Å². The molecule has 2 nitrogen and oxygen atoms in total. The Morgan fingerprint density at radius 3 is 2.50 bits per heavy atom. The molecule has 0 N–H and O–H groups in total. The lowest BCUT2D eigenvalue weighted by atomic mass is 10.3. The minimum atomic E-state index is -0.110. The van der Waals surface area contributed by atoms with E-state index in [4.69, 9.17) is 0 Å². The fourth-order valence-electron chi connectivity index (χ4n) is 1.11. The van der Waals surface area contributed by atoms with Crippen LogP contribution < -0.4 is 4.90 Å². The fourth-order valence-corrected chi connectivity index (χ4v) is 1.11. The molecule has 1 heterocycles. The molecule has 1 aliphatic heterocycles. The van der Waals surface area contributed by atoms with Crippen molar-refractivity contribution >= 4 is 11.6 Å². The van der Waals surface area contributed by atoms with E-state index in [1.54, 1.807) is 17.2 Å². The average Bonchev–Trinajstić information content (AvgIpc) is 2.53. The predicted molar refractivity (Wildman–Crippen MR) is 46.3 cm³/mol. The van der Waals surface area contributed by atoms with Gasteiger partial charge in [-0.2, -0.15) is 0 Å². The van der Waals surface area contributed by atoms with Crippen LogP contribution in [-0.4, -0.2) is 5.91 Å². The van der Waals surface area contributed by atoms with E-state index in [1.165, 1.54) is 0 Å². The van der Waals surface area contributed by atoms with Gasteiger partial charge in [-0.15, -0.1) is 0 Å². The largest absolute Gasteiger partial charge is 0.287 e. The summed E-state index contributed by atoms with van der Waals surface area (Å²) in [7, 11) is 0. The first kappa shape index (κ1) is 7.10. The highest BCUT2D eigenvalue weighted by Crippen LogP contribution is 2.18. The zero-order valence-corrected chi connectivity index (χ0v) is 6.40. The molecule has 58 valence electrons. The highest BCUT2D eigenvalue weighted by molar-refractivity contribution is 6.05. The van der Waals surface area contributed by atoms with Crippen molar-refractivity contribution in [1.82, 2.24) is 0 Å². The van der Waals surface area contributed by atoms with Gasteiger partial charge in [-0.1, -0.05) is 18.2 Å². The van der Waals surface area contributed by atoms with Crippen molar-refractivity contribution in [3.8, 4) is 0 Å². The summed E-state index contributed by atoms with van der Waals surface area (Å²) in [5.41, 5.74) is 0.878. The molecule has 0 bridgehead atoms. The van der Waals surface area contributed by atoms with E-state index in [1.807, 2.05) is 30.3 Å². The maximum Gasteiger partial charge on any atom is 0.244 e. The van der Waals surface area contributed by atoms with Gasteiger partial charge < -0.3 is 0 Å². The maximum atomic E-state index is 11.1. The lowest BCUT2D eigenvalue weighted by Crippen LogP contribution is -2.19. The average molecular weight is 157 g/mol. The first-order chi connectivity index (χ1) is 5.88. The van der Waals surface area contributed by atoms with Gasteiger partial charge in [0.15, 0.2) is 0 Å². The van der Waals surface area contributed by atoms with Gasteiger partial charge in [0.1, 0.15) is 6.42 Å². The summed E-state index contributed by atoms with van der Waals surface area (Å²) < 4.78 is 0. The van der Waals surface area contributed by atoms with Gasteiger partial charge in [0.2, 0.25) is 5.91 Å². The molecule has 2 rings (SSSR count). The highest BCUT2D eigenvalue weighted by atomic mass is 16.2. The van der Waals surface area contributed by atoms with Crippen molar-refractivity contribution in [3.05, 3.63) is 49.0 Å². The molecule has 1 aromatic rings. The number of nitrogens with zero attached hydrogens (tertiary/aromatic N) is 1. The number of hydrogen-bond acceptors (Lipinski definition) is 1. The molecule has 0 spiro atoms. The van der Waals surface area contributed by atoms with Crippen molar-refractivity contribution in [2.24, 2.45) is 0 Å². The van der Waals surface area contributed by atoms with Crippen LogP contribution in [0.15, 0.2) is 42.6 Å². The van der Waals surface area contributed by atoms with Gasteiger partial charge in [-0.05, 0) is 18.2 Å². The van der Waals surface area contributed by atoms with Crippen LogP contribution in [-0.2, 0) is 4.79 Å². The smallest absolute Gasteiger partial charge is 0.244 e. The number of hydrogen-bond donors (Lipinski definition) is 0. The van der Waals surface area contributed by atoms with Crippen molar-refractivity contribution in [2.45, 2.75) is 0 Å². The summed E-state index contributed by atoms with van der Waals surface area (Å²) >= 11 is 0. The Morgan fingerprint density at radius 2 is 1.92 bits per heavy atom. The van der Waals surface area contributed by atoms with Crippen LogP contribution >= 0.6 is 0 Å². The SMILES string of the molecule is O=C1[C]C=CN1c1ccccc1. The van der Waals surface area contributed by atoms with E-state index >= 15 is 0 Å². The molecule has 0 saturated heterocycles. The van der Waals surface area contributed by atoms with Crippen LogP contribution in [0.4, 0.5) is 5.69 Å². The fraction of sp³-hybridized carbons (Fsp3) is 0. The number of benzene rings is 1. The lowest BCUT2D eigenvalue weighted by molar-refractivity contribution is -0.114. The number of para-hydroxylation sites is 1. The second kappa shape index (κ2) is 2.81. The van der Waals surface area contributed by atoms with Crippen LogP contribution in [0.5, 0.6) is 0 Å². The van der Waals surface area contributed by atoms with Crippen LogP contribution in [0.1, 0.15) is 0 Å². The number of rotatable bonds is 1. The number of anilines is 1. The summed E-state index contributed by atoms with van der Waals surface area (Å²) in [4.78, 5) is 12.7. The van der Waals surface area contributed by atoms with E-state index in [9.17, 15) is 4.79 Å². The quantitative estimate of drug-likeness (QED) is 0.606. The van der Waals surface area contributed by atoms with E-state index in [-0.39, 0.29) is 5.91 Å². The third kappa shape index (κ3) is 1.11. The summed E-state index contributed by atoms with van der Waals surface area (Å²) in [6.45, 7) is 0. The van der Waals surface area contributed by atoms with Gasteiger partial charge in [-0.3, -0.25) is 9.69 Å². The Labute approximate surface area is 71.1 Å². The number of carbonyl (C=O) groups excluding carboxylic acids is 1. The van der Waals surface area contributed by atoms with Crippen molar-refractivity contribution in [2.75, 3.05) is 4.90 Å². The number of amides is 1. The predicted octanol–water partition coefficient (Wildman–Crippen LogP) is 1.63. The van der Waals surface area contributed by atoms with Gasteiger partial charge >= 0.3 is 0 Å². The topological polar surface area (TPSA) is 20.3 Å². The molecule has 1 aromatic carbocycles. The van der Waals surface area contributed by atoms with Crippen molar-refractivity contribution in [3.63, 3.8) is 0 Å². The van der Waals surface area contributed by atoms with Gasteiger partial charge in [0.25, 0.3) is 0 Å². The summed E-state index contributed by atoms with van der Waals surface area (Å²) in [5, 5.41) is 0. The Balaban J connectivity index is 2.31. The Hall–Kier alpha value is -1.57. The molecule has 2 heteroatoms. The molecule has 0 aromatic heterocycles. The van der Waals surface area contributed by atoms with E-state index < -0.39 is 0 Å². The summed E-state index contributed by atoms with van der Waals surface area (Å²) in [6, 6.07) is 9.48. The van der Waals surface area contributed by atoms with E-state index in [0.717, 1.165) is 5.69 Å². The molecule has 0 atom stereocenters. The Morgan fingerprint density at radius 1 is 1.17 bits per heavy atom. The van der Waals surface area contributed by atoms with Crippen molar-refractivity contribution in [1.29, 1.82) is 0 Å². The van der Waals surface area contributed by atoms with Gasteiger partial charge in [0, 0.05) is 11.9 Å². The zero-order chi connectivity index (χ0) is 8.39. The summed E-state index contributed by atoms with van der Waals surface area (Å²) in [6.07, 6.45) is 5.90. The molecule has 0 saturated carbocycles. The molecule has 1 amide bonds. The molecule has 2 radical (unpaired) electrons. The molecular weight excluding hydrogens is 150 g/mol. The molecule has 0 unspecified atom stereocenters. The highest BCUT2D eigenvalue weighted by Gasteiger charge is 2.16. The van der Waals surface area contributed by atoms with Gasteiger partial charge in [0.05, 0.1) is 0 Å². The molecule has 0 aliphatic carbocycles. The van der Waals surface area contributed by atoms with E-state index in [2.05, 4.69) is 6.42 Å². The maximum absolute atomic E-state index is 11.1. The standard InChI is InChI=1S/C10H7NO/c12-10-7-4-8-11(10)9-5-2-1-3-6-9/h1-6,8H. The second-order valence-corrected chi connectivity index (χ2v) is 2.47. The Bertz CT molecular complexity index is 316. The molecule has 1 aliphatic rings. The third-order valence-electron chi connectivity index (χ3n) is 1.68. The molecule has 0 fully saturated rings. The Kier molecular flexibility index (Phi) is 1.67. The normalized spacial score (nSPS) is 15.7. The van der Waals surface area contributed by atoms with Crippen molar-refractivity contribution < 1.29 is 4.79 Å². The molecular formula is C10H7NO. The third-order valence-corrected chi connectivity index (χ3v) is 1.68. The zero-order valence-electron chi connectivity index (χ0n) is 6.40. The van der Waals surface area contributed by atoms with Crippen LogP contribution in [0.3, 0.4) is 0 Å². The van der Waals surface area contributed by atoms with E-state index in [0.29, 0.717) is 0 Å². The van der Waals surface area contributed by atoms with Crippen LogP contribution in [0, 0.1) is 6.42 Å². The summed E-state index contributed by atoms with van der Waals surface area (Å²) in [5.74, 6) is -0.110.